The van der Waals surface area contributed by atoms with Gasteiger partial charge in [-0.25, -0.2) is 4.98 Å². The molecule has 2 aromatic rings. The van der Waals surface area contributed by atoms with Crippen molar-refractivity contribution in [3.63, 3.8) is 0 Å². The lowest BCUT2D eigenvalue weighted by Crippen LogP contribution is -2.14. The fraction of sp³-hybridized carbons (Fsp3) is 0.231. The summed E-state index contributed by atoms with van der Waals surface area (Å²) in [5, 5.41) is 3.08. The highest BCUT2D eigenvalue weighted by Gasteiger charge is 2.08. The van der Waals surface area contributed by atoms with E-state index in [4.69, 9.17) is 10.5 Å². The average Bonchev–Trinajstić information content (AvgIpc) is 2.45. The van der Waals surface area contributed by atoms with Crippen LogP contribution in [-0.2, 0) is 13.1 Å². The SMILES string of the molecule is COc1c(NCc2ccccc2CN)nc[nH]c1=O. The molecular weight excluding hydrogens is 244 g/mol. The Morgan fingerprint density at radius 1 is 1.37 bits per heavy atom. The Kier molecular flexibility index (Phi) is 4.15. The van der Waals surface area contributed by atoms with Gasteiger partial charge in [-0.15, -0.1) is 0 Å². The first-order chi connectivity index (χ1) is 9.26. The molecule has 0 aliphatic rings. The van der Waals surface area contributed by atoms with Crippen molar-refractivity contribution in [2.24, 2.45) is 5.73 Å². The van der Waals surface area contributed by atoms with Crippen molar-refractivity contribution in [3.8, 4) is 5.75 Å². The topological polar surface area (TPSA) is 93.0 Å². The Morgan fingerprint density at radius 3 is 2.79 bits per heavy atom. The van der Waals surface area contributed by atoms with E-state index in [1.807, 2.05) is 24.3 Å². The molecular formula is C13H16N4O2. The number of nitrogens with two attached hydrogens (primary N) is 1. The zero-order valence-electron chi connectivity index (χ0n) is 10.6. The van der Waals surface area contributed by atoms with E-state index in [0.29, 0.717) is 18.9 Å². The number of aromatic nitrogens is 2. The third-order valence-electron chi connectivity index (χ3n) is 2.80. The summed E-state index contributed by atoms with van der Waals surface area (Å²) in [6.07, 6.45) is 1.34. The number of ether oxygens (including phenoxy) is 1. The summed E-state index contributed by atoms with van der Waals surface area (Å²) in [6, 6.07) is 7.84. The lowest BCUT2D eigenvalue weighted by Gasteiger charge is -2.11. The van der Waals surface area contributed by atoms with Crippen molar-refractivity contribution in [3.05, 3.63) is 52.1 Å². The van der Waals surface area contributed by atoms with Gasteiger partial charge in [0.1, 0.15) is 0 Å². The Hall–Kier alpha value is -2.34. The number of aromatic amines is 1. The molecule has 19 heavy (non-hydrogen) atoms. The summed E-state index contributed by atoms with van der Waals surface area (Å²) >= 11 is 0. The van der Waals surface area contributed by atoms with Gasteiger partial charge >= 0.3 is 0 Å². The van der Waals surface area contributed by atoms with Crippen molar-refractivity contribution in [1.82, 2.24) is 9.97 Å². The molecule has 0 unspecified atom stereocenters. The molecule has 0 saturated carbocycles. The van der Waals surface area contributed by atoms with Gasteiger partial charge in [-0.05, 0) is 11.1 Å². The number of rotatable bonds is 5. The van der Waals surface area contributed by atoms with Crippen LogP contribution in [0.5, 0.6) is 5.75 Å². The molecule has 0 radical (unpaired) electrons. The maximum atomic E-state index is 11.5. The van der Waals surface area contributed by atoms with E-state index >= 15 is 0 Å². The van der Waals surface area contributed by atoms with E-state index < -0.39 is 0 Å². The van der Waals surface area contributed by atoms with Crippen LogP contribution in [0.2, 0.25) is 0 Å². The number of hydrogen-bond donors (Lipinski definition) is 3. The van der Waals surface area contributed by atoms with Crippen LogP contribution in [0.4, 0.5) is 5.82 Å². The van der Waals surface area contributed by atoms with Gasteiger partial charge < -0.3 is 20.8 Å². The zero-order valence-corrected chi connectivity index (χ0v) is 10.6. The summed E-state index contributed by atoms with van der Waals surface area (Å²) < 4.78 is 5.03. The number of nitrogens with zero attached hydrogens (tertiary/aromatic N) is 1. The lowest BCUT2D eigenvalue weighted by molar-refractivity contribution is 0.408. The number of hydrogen-bond acceptors (Lipinski definition) is 5. The molecule has 6 heteroatoms. The van der Waals surface area contributed by atoms with Gasteiger partial charge in [0.15, 0.2) is 5.82 Å². The molecule has 0 bridgehead atoms. The van der Waals surface area contributed by atoms with Crippen LogP contribution >= 0.6 is 0 Å². The highest BCUT2D eigenvalue weighted by atomic mass is 16.5. The second kappa shape index (κ2) is 6.01. The normalized spacial score (nSPS) is 10.2. The van der Waals surface area contributed by atoms with E-state index in [1.165, 1.54) is 13.4 Å². The summed E-state index contributed by atoms with van der Waals surface area (Å²) in [5.41, 5.74) is 7.48. The maximum Gasteiger partial charge on any atom is 0.295 e. The van der Waals surface area contributed by atoms with Crippen LogP contribution in [0.1, 0.15) is 11.1 Å². The van der Waals surface area contributed by atoms with E-state index in [-0.39, 0.29) is 11.3 Å². The number of anilines is 1. The molecule has 2 rings (SSSR count). The van der Waals surface area contributed by atoms with Crippen LogP contribution < -0.4 is 21.3 Å². The molecule has 1 aromatic carbocycles. The van der Waals surface area contributed by atoms with Crippen LogP contribution in [0, 0.1) is 0 Å². The monoisotopic (exact) mass is 260 g/mol. The predicted molar refractivity (Wildman–Crippen MR) is 73.1 cm³/mol. The second-order valence-electron chi connectivity index (χ2n) is 3.94. The smallest absolute Gasteiger partial charge is 0.295 e. The maximum absolute atomic E-state index is 11.5. The Balaban J connectivity index is 2.19. The third kappa shape index (κ3) is 2.92. The second-order valence-corrected chi connectivity index (χ2v) is 3.94. The fourth-order valence-electron chi connectivity index (χ4n) is 1.81. The molecule has 0 atom stereocenters. The lowest BCUT2D eigenvalue weighted by atomic mass is 10.1. The molecule has 0 amide bonds. The molecule has 6 nitrogen and oxygen atoms in total. The molecule has 0 aliphatic heterocycles. The van der Waals surface area contributed by atoms with Crippen LogP contribution in [0.25, 0.3) is 0 Å². The number of nitrogens with one attached hydrogen (secondary N) is 2. The standard InChI is InChI=1S/C13H16N4O2/c1-19-11-12(16-8-17-13(11)18)15-7-10-5-3-2-4-9(10)6-14/h2-5,8H,6-7,14H2,1H3,(H2,15,16,17,18). The van der Waals surface area contributed by atoms with Crippen LogP contribution in [0.15, 0.2) is 35.4 Å². The first-order valence-corrected chi connectivity index (χ1v) is 5.88. The van der Waals surface area contributed by atoms with Gasteiger partial charge in [0.2, 0.25) is 5.75 Å². The van der Waals surface area contributed by atoms with Gasteiger partial charge in [0, 0.05) is 13.1 Å². The van der Waals surface area contributed by atoms with Gasteiger partial charge in [-0.3, -0.25) is 4.79 Å². The van der Waals surface area contributed by atoms with Crippen molar-refractivity contribution in [1.29, 1.82) is 0 Å². The molecule has 100 valence electrons. The molecule has 1 heterocycles. The summed E-state index contributed by atoms with van der Waals surface area (Å²) in [5.74, 6) is 0.589. The molecule has 1 aromatic heterocycles. The Morgan fingerprint density at radius 2 is 2.11 bits per heavy atom. The molecule has 4 N–H and O–H groups in total. The van der Waals surface area contributed by atoms with Crippen molar-refractivity contribution >= 4 is 5.82 Å². The van der Waals surface area contributed by atoms with Crippen molar-refractivity contribution < 1.29 is 4.74 Å². The Labute approximate surface area is 110 Å². The Bertz CT molecular complexity index is 610. The summed E-state index contributed by atoms with van der Waals surface area (Å²) in [6.45, 7) is 0.998. The van der Waals surface area contributed by atoms with E-state index in [1.54, 1.807) is 0 Å². The van der Waals surface area contributed by atoms with E-state index in [0.717, 1.165) is 11.1 Å². The highest BCUT2D eigenvalue weighted by molar-refractivity contribution is 5.48. The number of benzene rings is 1. The number of H-pyrrole nitrogens is 1. The molecule has 0 fully saturated rings. The van der Waals surface area contributed by atoms with Gasteiger partial charge in [0.05, 0.1) is 13.4 Å². The zero-order chi connectivity index (χ0) is 13.7. The van der Waals surface area contributed by atoms with Crippen molar-refractivity contribution in [2.75, 3.05) is 12.4 Å². The fourth-order valence-corrected chi connectivity index (χ4v) is 1.81. The molecule has 0 saturated heterocycles. The largest absolute Gasteiger partial charge is 0.489 e. The third-order valence-corrected chi connectivity index (χ3v) is 2.80. The quantitative estimate of drug-likeness (QED) is 0.741. The van der Waals surface area contributed by atoms with Gasteiger partial charge in [-0.2, -0.15) is 0 Å². The van der Waals surface area contributed by atoms with Gasteiger partial charge in [0.25, 0.3) is 5.56 Å². The summed E-state index contributed by atoms with van der Waals surface area (Å²) in [4.78, 5) is 18.0. The summed E-state index contributed by atoms with van der Waals surface area (Å²) in [7, 11) is 1.44. The minimum absolute atomic E-state index is 0.174. The van der Waals surface area contributed by atoms with Crippen LogP contribution in [0.3, 0.4) is 0 Å². The average molecular weight is 260 g/mol. The minimum atomic E-state index is -0.313. The first-order valence-electron chi connectivity index (χ1n) is 5.88. The highest BCUT2D eigenvalue weighted by Crippen LogP contribution is 2.16. The van der Waals surface area contributed by atoms with Crippen molar-refractivity contribution in [2.45, 2.75) is 13.1 Å². The van der Waals surface area contributed by atoms with E-state index in [2.05, 4.69) is 15.3 Å². The first kappa shape index (κ1) is 13.1. The van der Waals surface area contributed by atoms with E-state index in [9.17, 15) is 4.79 Å². The van der Waals surface area contributed by atoms with Crippen LogP contribution in [-0.4, -0.2) is 17.1 Å². The predicted octanol–water partition coefficient (Wildman–Crippen LogP) is 0.849. The minimum Gasteiger partial charge on any atom is -0.489 e. The van der Waals surface area contributed by atoms with Gasteiger partial charge in [-0.1, -0.05) is 24.3 Å². The molecule has 0 aliphatic carbocycles. The number of methoxy groups -OCH3 is 1. The molecule has 0 spiro atoms.